The Hall–Kier alpha value is -1.93. The smallest absolute Gasteiger partial charge is 0.251 e. The van der Waals surface area contributed by atoms with Gasteiger partial charge in [-0.25, -0.2) is 12.7 Å². The second-order valence-electron chi connectivity index (χ2n) is 4.78. The number of benzene rings is 1. The van der Waals surface area contributed by atoms with E-state index >= 15 is 0 Å². The van der Waals surface area contributed by atoms with Crippen molar-refractivity contribution in [2.24, 2.45) is 0 Å². The Bertz CT molecular complexity index is 621. The van der Waals surface area contributed by atoms with Gasteiger partial charge in [0.1, 0.15) is 0 Å². The maximum absolute atomic E-state index is 11.9. The third kappa shape index (κ3) is 4.27. The SMILES string of the molecule is CN(C)C(=O)CNC(=O)c1ccc(S(=O)(=O)N(C)C)cc1. The minimum Gasteiger partial charge on any atom is -0.347 e. The highest BCUT2D eigenvalue weighted by atomic mass is 32.2. The summed E-state index contributed by atoms with van der Waals surface area (Å²) in [4.78, 5) is 24.7. The van der Waals surface area contributed by atoms with E-state index in [0.717, 1.165) is 4.31 Å². The number of hydrogen-bond donors (Lipinski definition) is 1. The first-order valence-electron chi connectivity index (χ1n) is 6.17. The molecule has 0 fully saturated rings. The van der Waals surface area contributed by atoms with Gasteiger partial charge in [-0.1, -0.05) is 0 Å². The predicted octanol–water partition coefficient (Wildman–Crippen LogP) is -0.245. The molecule has 1 aromatic carbocycles. The van der Waals surface area contributed by atoms with Crippen molar-refractivity contribution in [1.29, 1.82) is 0 Å². The van der Waals surface area contributed by atoms with Gasteiger partial charge in [-0.2, -0.15) is 0 Å². The molecule has 0 radical (unpaired) electrons. The zero-order valence-electron chi connectivity index (χ0n) is 12.5. The lowest BCUT2D eigenvalue weighted by molar-refractivity contribution is -0.127. The van der Waals surface area contributed by atoms with E-state index in [2.05, 4.69) is 5.32 Å². The Labute approximate surface area is 124 Å². The zero-order chi connectivity index (χ0) is 16.2. The largest absolute Gasteiger partial charge is 0.347 e. The molecule has 2 amide bonds. The molecule has 0 heterocycles. The van der Waals surface area contributed by atoms with Crippen molar-refractivity contribution in [3.8, 4) is 0 Å². The summed E-state index contributed by atoms with van der Waals surface area (Å²) in [5.41, 5.74) is 0.291. The number of carbonyl (C=O) groups is 2. The van der Waals surface area contributed by atoms with Crippen LogP contribution in [0.2, 0.25) is 0 Å². The average molecular weight is 313 g/mol. The Balaban J connectivity index is 2.79. The quantitative estimate of drug-likeness (QED) is 0.812. The van der Waals surface area contributed by atoms with E-state index in [1.807, 2.05) is 0 Å². The van der Waals surface area contributed by atoms with Gasteiger partial charge in [0.25, 0.3) is 5.91 Å². The molecule has 116 valence electrons. The number of hydrogen-bond acceptors (Lipinski definition) is 4. The third-order valence-corrected chi connectivity index (χ3v) is 4.62. The molecule has 8 heteroatoms. The fraction of sp³-hybridized carbons (Fsp3) is 0.385. The van der Waals surface area contributed by atoms with Crippen LogP contribution in [0.1, 0.15) is 10.4 Å². The van der Waals surface area contributed by atoms with Gasteiger partial charge in [-0.3, -0.25) is 9.59 Å². The second-order valence-corrected chi connectivity index (χ2v) is 6.93. The summed E-state index contributed by atoms with van der Waals surface area (Å²) in [6.07, 6.45) is 0. The monoisotopic (exact) mass is 313 g/mol. The van der Waals surface area contributed by atoms with Crippen LogP contribution in [0, 0.1) is 0 Å². The minimum atomic E-state index is -3.52. The molecule has 1 rings (SSSR count). The summed E-state index contributed by atoms with van der Waals surface area (Å²) in [6, 6.07) is 5.54. The lowest BCUT2D eigenvalue weighted by Crippen LogP contribution is -2.36. The second kappa shape index (κ2) is 6.68. The van der Waals surface area contributed by atoms with Gasteiger partial charge in [0.15, 0.2) is 0 Å². The molecule has 0 aromatic heterocycles. The molecule has 0 saturated heterocycles. The van der Waals surface area contributed by atoms with Gasteiger partial charge in [0, 0.05) is 33.8 Å². The van der Waals surface area contributed by atoms with Crippen LogP contribution >= 0.6 is 0 Å². The highest BCUT2D eigenvalue weighted by molar-refractivity contribution is 7.89. The van der Waals surface area contributed by atoms with Gasteiger partial charge in [0.2, 0.25) is 15.9 Å². The van der Waals surface area contributed by atoms with Crippen LogP contribution < -0.4 is 5.32 Å². The number of nitrogens with zero attached hydrogens (tertiary/aromatic N) is 2. The lowest BCUT2D eigenvalue weighted by atomic mass is 10.2. The fourth-order valence-electron chi connectivity index (χ4n) is 1.41. The van der Waals surface area contributed by atoms with Crippen molar-refractivity contribution in [3.05, 3.63) is 29.8 Å². The normalized spacial score (nSPS) is 11.3. The summed E-state index contributed by atoms with van der Waals surface area (Å²) < 4.78 is 24.9. The minimum absolute atomic E-state index is 0.105. The maximum Gasteiger partial charge on any atom is 0.251 e. The van der Waals surface area contributed by atoms with E-state index in [1.54, 1.807) is 14.1 Å². The summed E-state index contributed by atoms with van der Waals surface area (Å²) in [5, 5.41) is 2.47. The Morgan fingerprint density at radius 2 is 1.57 bits per heavy atom. The number of rotatable bonds is 5. The first-order valence-corrected chi connectivity index (χ1v) is 7.61. The number of sulfonamides is 1. The number of amides is 2. The van der Waals surface area contributed by atoms with E-state index in [0.29, 0.717) is 5.56 Å². The Morgan fingerprint density at radius 1 is 1.05 bits per heavy atom. The van der Waals surface area contributed by atoms with Crippen LogP contribution in [-0.4, -0.2) is 64.2 Å². The molecule has 0 aliphatic rings. The maximum atomic E-state index is 11.9. The van der Waals surface area contributed by atoms with Crippen LogP contribution in [0.3, 0.4) is 0 Å². The first-order chi connectivity index (χ1) is 9.66. The molecule has 0 aliphatic heterocycles. The van der Waals surface area contributed by atoms with Gasteiger partial charge in [-0.15, -0.1) is 0 Å². The van der Waals surface area contributed by atoms with Crippen LogP contribution in [0.5, 0.6) is 0 Å². The van der Waals surface area contributed by atoms with Crippen molar-refractivity contribution in [1.82, 2.24) is 14.5 Å². The number of nitrogens with one attached hydrogen (secondary N) is 1. The molecule has 0 spiro atoms. The summed E-state index contributed by atoms with van der Waals surface area (Å²) >= 11 is 0. The Kier molecular flexibility index (Phi) is 5.45. The summed E-state index contributed by atoms with van der Waals surface area (Å²) in [7, 11) is 2.54. The molecule has 21 heavy (non-hydrogen) atoms. The van der Waals surface area contributed by atoms with Crippen molar-refractivity contribution >= 4 is 21.8 Å². The Morgan fingerprint density at radius 3 is 2.00 bits per heavy atom. The molecule has 0 unspecified atom stereocenters. The van der Waals surface area contributed by atoms with Gasteiger partial charge in [0.05, 0.1) is 11.4 Å². The van der Waals surface area contributed by atoms with Crippen molar-refractivity contribution < 1.29 is 18.0 Å². The van der Waals surface area contributed by atoms with Crippen LogP contribution in [0.25, 0.3) is 0 Å². The third-order valence-electron chi connectivity index (χ3n) is 2.79. The number of carbonyl (C=O) groups excluding carboxylic acids is 2. The molecule has 0 saturated carbocycles. The topological polar surface area (TPSA) is 86.8 Å². The molecule has 7 nitrogen and oxygen atoms in total. The van der Waals surface area contributed by atoms with Crippen LogP contribution in [0.15, 0.2) is 29.2 Å². The molecular formula is C13H19N3O4S. The summed E-state index contributed by atoms with van der Waals surface area (Å²) in [5.74, 6) is -0.658. The van der Waals surface area contributed by atoms with E-state index in [-0.39, 0.29) is 17.3 Å². The predicted molar refractivity (Wildman–Crippen MR) is 78.3 cm³/mol. The number of likely N-dealkylation sites (N-methyl/N-ethyl adjacent to an activating group) is 1. The van der Waals surface area contributed by atoms with Crippen molar-refractivity contribution in [2.45, 2.75) is 4.90 Å². The highest BCUT2D eigenvalue weighted by Gasteiger charge is 2.17. The van der Waals surface area contributed by atoms with E-state index in [4.69, 9.17) is 0 Å². The standard InChI is InChI=1S/C13H19N3O4S/c1-15(2)12(17)9-14-13(18)10-5-7-11(8-6-10)21(19,20)16(3)4/h5-8H,9H2,1-4H3,(H,14,18). The molecule has 0 bridgehead atoms. The summed E-state index contributed by atoms with van der Waals surface area (Å²) in [6.45, 7) is -0.108. The van der Waals surface area contributed by atoms with E-state index in [1.165, 1.54) is 43.3 Å². The molecule has 0 atom stereocenters. The van der Waals surface area contributed by atoms with Crippen molar-refractivity contribution in [3.63, 3.8) is 0 Å². The molecule has 1 N–H and O–H groups in total. The van der Waals surface area contributed by atoms with E-state index in [9.17, 15) is 18.0 Å². The van der Waals surface area contributed by atoms with Gasteiger partial charge < -0.3 is 10.2 Å². The van der Waals surface area contributed by atoms with Crippen LogP contribution in [-0.2, 0) is 14.8 Å². The van der Waals surface area contributed by atoms with Gasteiger partial charge >= 0.3 is 0 Å². The average Bonchev–Trinajstić information content (AvgIpc) is 2.44. The van der Waals surface area contributed by atoms with E-state index < -0.39 is 15.9 Å². The van der Waals surface area contributed by atoms with Crippen molar-refractivity contribution in [2.75, 3.05) is 34.7 Å². The fourth-order valence-corrected chi connectivity index (χ4v) is 2.31. The molecule has 0 aliphatic carbocycles. The zero-order valence-corrected chi connectivity index (χ0v) is 13.3. The molecular weight excluding hydrogens is 294 g/mol. The molecule has 1 aromatic rings. The first kappa shape index (κ1) is 17.1. The highest BCUT2D eigenvalue weighted by Crippen LogP contribution is 2.13. The lowest BCUT2D eigenvalue weighted by Gasteiger charge is -2.12. The van der Waals surface area contributed by atoms with Crippen LogP contribution in [0.4, 0.5) is 0 Å². The van der Waals surface area contributed by atoms with Gasteiger partial charge in [-0.05, 0) is 24.3 Å².